The molecule has 11 heteroatoms. The molecule has 0 aliphatic carbocycles. The highest BCUT2D eigenvalue weighted by Gasteiger charge is 2.53. The molecular formula is C54H58O11. The number of aliphatic hydroxyl groups excluding tert-OH is 2. The van der Waals surface area contributed by atoms with Gasteiger partial charge in [-0.1, -0.05) is 182 Å². The molecule has 2 saturated heterocycles. The van der Waals surface area contributed by atoms with Crippen LogP contribution in [0.1, 0.15) is 33.4 Å². The maximum absolute atomic E-state index is 12.4. The summed E-state index contributed by atoms with van der Waals surface area (Å²) in [6, 6.07) is 58.7. The van der Waals surface area contributed by atoms with Crippen LogP contribution in [0.4, 0.5) is 0 Å². The molecule has 2 aliphatic heterocycles. The minimum absolute atomic E-state index is 0.0768. The minimum Gasteiger partial charge on any atom is -0.385 e. The van der Waals surface area contributed by atoms with Crippen molar-refractivity contribution in [3.05, 3.63) is 215 Å². The average molecular weight is 883 g/mol. The quantitative estimate of drug-likeness (QED) is 0.0691. The van der Waals surface area contributed by atoms with E-state index in [1.807, 2.05) is 182 Å². The van der Waals surface area contributed by atoms with E-state index in [0.29, 0.717) is 13.2 Å². The van der Waals surface area contributed by atoms with Crippen LogP contribution in [0.2, 0.25) is 0 Å². The zero-order valence-corrected chi connectivity index (χ0v) is 36.3. The largest absolute Gasteiger partial charge is 0.385 e. The first-order chi connectivity index (χ1) is 32.1. The Bertz CT molecular complexity index is 2210. The summed E-state index contributed by atoms with van der Waals surface area (Å²) in [5, 5.41) is 24.4. The van der Waals surface area contributed by atoms with Gasteiger partial charge < -0.3 is 52.8 Å². The Morgan fingerprint density at radius 3 is 1.03 bits per heavy atom. The van der Waals surface area contributed by atoms with Gasteiger partial charge in [0.25, 0.3) is 0 Å². The molecule has 0 aromatic heterocycles. The molecule has 6 aromatic carbocycles. The predicted molar refractivity (Wildman–Crippen MR) is 243 cm³/mol. The second kappa shape index (κ2) is 24.4. The fourth-order valence-corrected chi connectivity index (χ4v) is 8.05. The van der Waals surface area contributed by atoms with Gasteiger partial charge in [-0.05, 0) is 33.4 Å². The number of rotatable bonds is 22. The van der Waals surface area contributed by atoms with Gasteiger partial charge in [-0.15, -0.1) is 0 Å². The molecule has 340 valence electrons. The molecule has 65 heavy (non-hydrogen) atoms. The standard InChI is InChI=1S/C54H58O11/c55-47-50(61-35-43-27-15-5-16-28-43)48(59-33-41-23-11-3-12-24-41)46(38-58-32-40-21-9-2-10-22-40)64-54(47)65-52-51(62-36-44-29-17-6-18-30-44)49(60-34-42-25-13-4-14-26-42)45(63-53(52)56)37-57-31-39-19-7-1-8-20-39/h1-30,45-56H,31-38H2/t45-,46-,47+,48-,49-,50-,51+,52+,53+,54-/m1/s1. The van der Waals surface area contributed by atoms with E-state index in [4.69, 9.17) is 42.6 Å². The monoisotopic (exact) mass is 882 g/mol. The smallest absolute Gasteiger partial charge is 0.187 e. The van der Waals surface area contributed by atoms with Crippen LogP contribution in [0.5, 0.6) is 0 Å². The van der Waals surface area contributed by atoms with Crippen LogP contribution in [-0.4, -0.2) is 84.8 Å². The Kier molecular flexibility index (Phi) is 17.4. The van der Waals surface area contributed by atoms with Crippen LogP contribution in [-0.2, 0) is 82.3 Å². The maximum Gasteiger partial charge on any atom is 0.187 e. The highest BCUT2D eigenvalue weighted by atomic mass is 16.7. The Balaban J connectivity index is 1.09. The molecule has 0 bridgehead atoms. The lowest BCUT2D eigenvalue weighted by atomic mass is 9.96. The third kappa shape index (κ3) is 13.5. The minimum atomic E-state index is -1.54. The summed E-state index contributed by atoms with van der Waals surface area (Å²) < 4.78 is 59.0. The molecule has 2 fully saturated rings. The first-order valence-corrected chi connectivity index (χ1v) is 22.3. The van der Waals surface area contributed by atoms with Crippen LogP contribution in [0, 0.1) is 0 Å². The lowest BCUT2D eigenvalue weighted by molar-refractivity contribution is -0.375. The third-order valence-corrected chi connectivity index (χ3v) is 11.4. The molecule has 0 amide bonds. The molecule has 11 nitrogen and oxygen atoms in total. The van der Waals surface area contributed by atoms with Crippen LogP contribution in [0.15, 0.2) is 182 Å². The molecule has 0 spiro atoms. The van der Waals surface area contributed by atoms with Crippen molar-refractivity contribution in [1.82, 2.24) is 0 Å². The van der Waals surface area contributed by atoms with E-state index in [1.165, 1.54) is 0 Å². The predicted octanol–water partition coefficient (Wildman–Crippen LogP) is 7.95. The summed E-state index contributed by atoms with van der Waals surface area (Å²) in [5.74, 6) is 0. The van der Waals surface area contributed by atoms with Crippen molar-refractivity contribution in [2.75, 3.05) is 13.2 Å². The average Bonchev–Trinajstić information content (AvgIpc) is 3.35. The Hall–Kier alpha value is -5.12. The molecule has 2 heterocycles. The van der Waals surface area contributed by atoms with Crippen molar-refractivity contribution < 1.29 is 52.8 Å². The Morgan fingerprint density at radius 1 is 0.338 bits per heavy atom. The molecule has 2 N–H and O–H groups in total. The molecule has 0 radical (unpaired) electrons. The first-order valence-electron chi connectivity index (χ1n) is 22.3. The molecule has 10 atom stereocenters. The van der Waals surface area contributed by atoms with E-state index in [0.717, 1.165) is 33.4 Å². The van der Waals surface area contributed by atoms with Crippen molar-refractivity contribution >= 4 is 0 Å². The number of hydrogen-bond acceptors (Lipinski definition) is 11. The van der Waals surface area contributed by atoms with Gasteiger partial charge in [0, 0.05) is 0 Å². The van der Waals surface area contributed by atoms with Gasteiger partial charge in [0.05, 0.1) is 52.9 Å². The van der Waals surface area contributed by atoms with Crippen molar-refractivity contribution in [3.63, 3.8) is 0 Å². The number of ether oxygens (including phenoxy) is 9. The van der Waals surface area contributed by atoms with Gasteiger partial charge in [-0.25, -0.2) is 0 Å². The number of benzene rings is 6. The maximum atomic E-state index is 12.4. The summed E-state index contributed by atoms with van der Waals surface area (Å²) in [4.78, 5) is 0. The Morgan fingerprint density at radius 2 is 0.646 bits per heavy atom. The van der Waals surface area contributed by atoms with Gasteiger partial charge in [-0.3, -0.25) is 0 Å². The Labute approximate surface area is 381 Å². The van der Waals surface area contributed by atoms with E-state index >= 15 is 0 Å². The highest BCUT2D eigenvalue weighted by Crippen LogP contribution is 2.35. The summed E-state index contributed by atoms with van der Waals surface area (Å²) in [6.45, 7) is 1.60. The van der Waals surface area contributed by atoms with E-state index in [9.17, 15) is 10.2 Å². The van der Waals surface area contributed by atoms with Crippen molar-refractivity contribution in [2.24, 2.45) is 0 Å². The van der Waals surface area contributed by atoms with Crippen LogP contribution >= 0.6 is 0 Å². The highest BCUT2D eigenvalue weighted by molar-refractivity contribution is 5.18. The lowest BCUT2D eigenvalue weighted by Crippen LogP contribution is -2.65. The van der Waals surface area contributed by atoms with Gasteiger partial charge in [0.15, 0.2) is 12.6 Å². The number of hydrogen-bond donors (Lipinski definition) is 2. The molecule has 2 aliphatic rings. The summed E-state index contributed by atoms with van der Waals surface area (Å²) in [7, 11) is 0. The van der Waals surface area contributed by atoms with E-state index in [2.05, 4.69) is 0 Å². The molecule has 8 rings (SSSR count). The molecular weight excluding hydrogens is 825 g/mol. The van der Waals surface area contributed by atoms with Crippen LogP contribution in [0.25, 0.3) is 0 Å². The topological polar surface area (TPSA) is 124 Å². The van der Waals surface area contributed by atoms with E-state index in [-0.39, 0.29) is 39.6 Å². The summed E-state index contributed by atoms with van der Waals surface area (Å²) in [5.41, 5.74) is 5.67. The third-order valence-electron chi connectivity index (χ3n) is 11.4. The van der Waals surface area contributed by atoms with Crippen LogP contribution in [0.3, 0.4) is 0 Å². The second-order valence-electron chi connectivity index (χ2n) is 16.2. The molecule has 6 aromatic rings. The number of aliphatic hydroxyl groups is 2. The van der Waals surface area contributed by atoms with E-state index in [1.54, 1.807) is 0 Å². The van der Waals surface area contributed by atoms with Crippen LogP contribution < -0.4 is 0 Å². The SMILES string of the molecule is O[C@@H]1[C@@H](O[C@H]2[C@@H](OCc3ccccc3)[C@H](OCc3ccccc3)[C@@H](COCc3ccccc3)O[C@@H]2O)O[C@H](COCc2ccccc2)[C@@H](OCc2ccccc2)[C@@H]1OCc1ccccc1. The van der Waals surface area contributed by atoms with Gasteiger partial charge in [0.1, 0.15) is 48.8 Å². The second-order valence-corrected chi connectivity index (χ2v) is 16.2. The molecule has 0 saturated carbocycles. The fourth-order valence-electron chi connectivity index (χ4n) is 8.05. The van der Waals surface area contributed by atoms with Gasteiger partial charge >= 0.3 is 0 Å². The normalized spacial score (nSPS) is 25.6. The molecule has 0 unspecified atom stereocenters. The van der Waals surface area contributed by atoms with Crippen molar-refractivity contribution in [2.45, 2.75) is 101 Å². The van der Waals surface area contributed by atoms with Crippen molar-refractivity contribution in [1.29, 1.82) is 0 Å². The summed E-state index contributed by atoms with van der Waals surface area (Å²) in [6.07, 6.45) is -10.6. The summed E-state index contributed by atoms with van der Waals surface area (Å²) >= 11 is 0. The lowest BCUT2D eigenvalue weighted by Gasteiger charge is -2.48. The first kappa shape index (κ1) is 46.4. The van der Waals surface area contributed by atoms with E-state index < -0.39 is 61.4 Å². The van der Waals surface area contributed by atoms with Gasteiger partial charge in [0.2, 0.25) is 0 Å². The zero-order chi connectivity index (χ0) is 44.5. The van der Waals surface area contributed by atoms with Crippen molar-refractivity contribution in [3.8, 4) is 0 Å². The fraction of sp³-hybridized carbons (Fsp3) is 0.333. The zero-order valence-electron chi connectivity index (χ0n) is 36.3. The van der Waals surface area contributed by atoms with Gasteiger partial charge in [-0.2, -0.15) is 0 Å².